The maximum atomic E-state index is 12.6. The number of fused-ring (bicyclic) bond motifs is 2. The summed E-state index contributed by atoms with van der Waals surface area (Å²) in [6, 6.07) is 59.3. The van der Waals surface area contributed by atoms with Gasteiger partial charge in [-0.2, -0.15) is 0 Å². The lowest BCUT2D eigenvalue weighted by Crippen LogP contribution is -2.40. The molecule has 0 radical (unpaired) electrons. The number of nitrogens with zero attached hydrogens (tertiary/aromatic N) is 4. The number of aromatic nitrogens is 2. The SMILES string of the molecule is CSc1nc2ccc(C)cc2cc1C(c1ccccc1)C(O)(CCc1ccccc1)CCN(C)C.CSc1nc2ccc(C)cc2cc1C(c1ccccc1)C(O)(CCc1ccccc1)CCN(C)C. The molecule has 8 aromatic rings. The molecule has 0 spiro atoms. The Hall–Kier alpha value is -5.32. The Morgan fingerprint density at radius 1 is 0.457 bits per heavy atom. The molecule has 2 aromatic heterocycles. The van der Waals surface area contributed by atoms with E-state index in [1.165, 1.54) is 22.3 Å². The van der Waals surface area contributed by atoms with Gasteiger partial charge in [-0.15, -0.1) is 23.5 Å². The van der Waals surface area contributed by atoms with Gasteiger partial charge in [0, 0.05) is 35.7 Å². The zero-order valence-electron chi connectivity index (χ0n) is 42.5. The summed E-state index contributed by atoms with van der Waals surface area (Å²) in [4.78, 5) is 14.4. The van der Waals surface area contributed by atoms with Crippen LogP contribution in [0.15, 0.2) is 180 Å². The lowest BCUT2D eigenvalue weighted by Gasteiger charge is -2.39. The highest BCUT2D eigenvalue weighted by Gasteiger charge is 2.41. The van der Waals surface area contributed by atoms with E-state index in [4.69, 9.17) is 9.97 Å². The number of hydrogen-bond donors (Lipinski definition) is 2. The monoisotopic (exact) mass is 969 g/mol. The Kier molecular flexibility index (Phi) is 18.5. The van der Waals surface area contributed by atoms with Crippen molar-refractivity contribution < 1.29 is 10.2 Å². The average Bonchev–Trinajstić information content (AvgIpc) is 3.37. The van der Waals surface area contributed by atoms with Crippen molar-refractivity contribution in [3.8, 4) is 0 Å². The second-order valence-corrected chi connectivity index (χ2v) is 21.1. The van der Waals surface area contributed by atoms with Crippen LogP contribution in [0.4, 0.5) is 0 Å². The van der Waals surface area contributed by atoms with E-state index < -0.39 is 11.2 Å². The zero-order valence-corrected chi connectivity index (χ0v) is 44.1. The Bertz CT molecular complexity index is 2680. The van der Waals surface area contributed by atoms with E-state index in [-0.39, 0.29) is 11.8 Å². The minimum absolute atomic E-state index is 0.188. The molecule has 0 aliphatic heterocycles. The summed E-state index contributed by atoms with van der Waals surface area (Å²) in [6.45, 7) is 5.85. The van der Waals surface area contributed by atoms with Gasteiger partial charge in [0.1, 0.15) is 10.1 Å². The third-order valence-electron chi connectivity index (χ3n) is 13.6. The molecule has 70 heavy (non-hydrogen) atoms. The van der Waals surface area contributed by atoms with Crippen molar-refractivity contribution in [1.82, 2.24) is 19.8 Å². The first-order chi connectivity index (χ1) is 33.8. The third kappa shape index (κ3) is 13.5. The number of rotatable bonds is 20. The van der Waals surface area contributed by atoms with Crippen LogP contribution in [0.5, 0.6) is 0 Å². The topological polar surface area (TPSA) is 72.7 Å². The number of aliphatic hydroxyl groups is 2. The molecule has 0 bridgehead atoms. The van der Waals surface area contributed by atoms with E-state index in [9.17, 15) is 10.2 Å². The van der Waals surface area contributed by atoms with Crippen LogP contribution in [0.1, 0.15) is 82.0 Å². The molecule has 4 unspecified atom stereocenters. The number of aryl methyl sites for hydroxylation is 4. The molecular formula is C62H72N4O2S2. The van der Waals surface area contributed by atoms with Gasteiger partial charge in [0.2, 0.25) is 0 Å². The Morgan fingerprint density at radius 3 is 1.13 bits per heavy atom. The van der Waals surface area contributed by atoms with E-state index in [2.05, 4.69) is 210 Å². The molecule has 8 heteroatoms. The van der Waals surface area contributed by atoms with E-state index in [1.807, 2.05) is 24.3 Å². The van der Waals surface area contributed by atoms with Crippen molar-refractivity contribution in [1.29, 1.82) is 0 Å². The fourth-order valence-electron chi connectivity index (χ4n) is 9.85. The van der Waals surface area contributed by atoms with Gasteiger partial charge in [0.15, 0.2) is 0 Å². The Morgan fingerprint density at radius 2 is 0.800 bits per heavy atom. The van der Waals surface area contributed by atoms with Gasteiger partial charge in [-0.25, -0.2) is 9.97 Å². The second-order valence-electron chi connectivity index (χ2n) is 19.5. The molecule has 6 aromatic carbocycles. The summed E-state index contributed by atoms with van der Waals surface area (Å²) in [5, 5.41) is 29.4. The van der Waals surface area contributed by atoms with Crippen molar-refractivity contribution in [3.63, 3.8) is 0 Å². The molecule has 2 N–H and O–H groups in total. The molecule has 4 atom stereocenters. The van der Waals surface area contributed by atoms with Gasteiger partial charge in [-0.3, -0.25) is 0 Å². The van der Waals surface area contributed by atoms with E-state index in [0.717, 1.165) is 80.0 Å². The van der Waals surface area contributed by atoms with E-state index >= 15 is 0 Å². The largest absolute Gasteiger partial charge is 0.389 e. The summed E-state index contributed by atoms with van der Waals surface area (Å²) >= 11 is 3.32. The highest BCUT2D eigenvalue weighted by Crippen LogP contribution is 2.46. The van der Waals surface area contributed by atoms with Gasteiger partial charge >= 0.3 is 0 Å². The van der Waals surface area contributed by atoms with Crippen molar-refractivity contribution in [2.75, 3.05) is 53.8 Å². The zero-order chi connectivity index (χ0) is 49.7. The van der Waals surface area contributed by atoms with Crippen molar-refractivity contribution >= 4 is 45.3 Å². The number of pyridine rings is 2. The fraction of sp³-hybridized carbons (Fsp3) is 0.323. The van der Waals surface area contributed by atoms with Crippen LogP contribution in [0, 0.1) is 13.8 Å². The molecule has 8 rings (SSSR count). The number of hydrogen-bond acceptors (Lipinski definition) is 8. The molecule has 0 aliphatic carbocycles. The predicted octanol–water partition coefficient (Wildman–Crippen LogP) is 13.4. The standard InChI is InChI=1S/2C31H36N2OS/c2*1-23-15-16-28-26(21-23)22-27(30(32-28)35-4)29(25-13-9-6-10-14-25)31(34,19-20-33(2)3)18-17-24-11-7-5-8-12-24/h2*5-16,21-22,29,34H,17-20H2,1-4H3. The van der Waals surface area contributed by atoms with Crippen molar-refractivity contribution in [2.24, 2.45) is 0 Å². The molecular weight excluding hydrogens is 897 g/mol. The molecule has 6 nitrogen and oxygen atoms in total. The van der Waals surface area contributed by atoms with Crippen LogP contribution in [-0.4, -0.2) is 95.0 Å². The first-order valence-corrected chi connectivity index (χ1v) is 27.1. The smallest absolute Gasteiger partial charge is 0.100 e. The average molecular weight is 969 g/mol. The lowest BCUT2D eigenvalue weighted by molar-refractivity contribution is 0.000326. The maximum absolute atomic E-state index is 12.6. The van der Waals surface area contributed by atoms with E-state index in [0.29, 0.717) is 25.7 Å². The van der Waals surface area contributed by atoms with Crippen LogP contribution >= 0.6 is 23.5 Å². The lowest BCUT2D eigenvalue weighted by atomic mass is 9.73. The van der Waals surface area contributed by atoms with Crippen LogP contribution < -0.4 is 0 Å². The van der Waals surface area contributed by atoms with Crippen molar-refractivity contribution in [2.45, 2.75) is 85.5 Å². The van der Waals surface area contributed by atoms with Crippen LogP contribution in [0.2, 0.25) is 0 Å². The van der Waals surface area contributed by atoms with Crippen LogP contribution in [0.25, 0.3) is 21.8 Å². The molecule has 2 heterocycles. The summed E-state index contributed by atoms with van der Waals surface area (Å²) in [5.74, 6) is -0.376. The Balaban J connectivity index is 0.000000206. The van der Waals surface area contributed by atoms with Gasteiger partial charge < -0.3 is 20.0 Å². The van der Waals surface area contributed by atoms with Gasteiger partial charge in [-0.05, 0) is 163 Å². The first kappa shape index (κ1) is 52.5. The Labute approximate surface area is 426 Å². The molecule has 0 saturated carbocycles. The van der Waals surface area contributed by atoms with Gasteiger partial charge in [-0.1, -0.05) is 145 Å². The number of thioether (sulfide) groups is 2. The summed E-state index contributed by atoms with van der Waals surface area (Å²) in [7, 11) is 8.29. The second kappa shape index (κ2) is 24.7. The van der Waals surface area contributed by atoms with Crippen LogP contribution in [-0.2, 0) is 12.8 Å². The summed E-state index contributed by atoms with van der Waals surface area (Å²) in [6.07, 6.45) is 8.49. The molecule has 0 aliphatic rings. The molecule has 364 valence electrons. The highest BCUT2D eigenvalue weighted by molar-refractivity contribution is 7.98. The van der Waals surface area contributed by atoms with Crippen LogP contribution in [0.3, 0.4) is 0 Å². The minimum atomic E-state index is -0.939. The highest BCUT2D eigenvalue weighted by atomic mass is 32.2. The molecule has 0 saturated heterocycles. The van der Waals surface area contributed by atoms with Gasteiger partial charge in [0.25, 0.3) is 0 Å². The minimum Gasteiger partial charge on any atom is -0.389 e. The molecule has 0 fully saturated rings. The predicted molar refractivity (Wildman–Crippen MR) is 299 cm³/mol. The summed E-state index contributed by atoms with van der Waals surface area (Å²) < 4.78 is 0. The maximum Gasteiger partial charge on any atom is 0.100 e. The van der Waals surface area contributed by atoms with Gasteiger partial charge in [0.05, 0.1) is 22.2 Å². The first-order valence-electron chi connectivity index (χ1n) is 24.6. The molecule has 0 amide bonds. The normalized spacial score (nSPS) is 14.2. The van der Waals surface area contributed by atoms with E-state index in [1.54, 1.807) is 23.5 Å². The third-order valence-corrected chi connectivity index (χ3v) is 15.1. The quantitative estimate of drug-likeness (QED) is 0.0732. The fourth-order valence-corrected chi connectivity index (χ4v) is 11.1. The number of benzene rings is 6. The summed E-state index contributed by atoms with van der Waals surface area (Å²) in [5.41, 5.74) is 9.52. The van der Waals surface area contributed by atoms with Crippen molar-refractivity contribution in [3.05, 3.63) is 214 Å².